The molecule has 0 saturated carbocycles. The van der Waals surface area contributed by atoms with E-state index in [1.54, 1.807) is 18.2 Å². The summed E-state index contributed by atoms with van der Waals surface area (Å²) in [6.45, 7) is 3.25. The fraction of sp³-hybridized carbons (Fsp3) is 0.211. The van der Waals surface area contributed by atoms with Crippen LogP contribution in [0.5, 0.6) is 0 Å². The van der Waals surface area contributed by atoms with E-state index in [4.69, 9.17) is 4.74 Å². The Morgan fingerprint density at radius 1 is 1.04 bits per heavy atom. The Morgan fingerprint density at radius 3 is 2.44 bits per heavy atom. The van der Waals surface area contributed by atoms with E-state index in [1.165, 1.54) is 19.9 Å². The molecule has 6 heteroatoms. The summed E-state index contributed by atoms with van der Waals surface area (Å²) in [4.78, 5) is 35.3. The van der Waals surface area contributed by atoms with Crippen LogP contribution in [0.1, 0.15) is 29.8 Å². The van der Waals surface area contributed by atoms with Gasteiger partial charge in [0.15, 0.2) is 6.10 Å². The molecule has 0 saturated heterocycles. The third-order valence-electron chi connectivity index (χ3n) is 3.38. The van der Waals surface area contributed by atoms with Crippen LogP contribution in [0, 0.1) is 0 Å². The van der Waals surface area contributed by atoms with Crippen LogP contribution in [0.4, 0.5) is 5.69 Å². The summed E-state index contributed by atoms with van der Waals surface area (Å²) >= 11 is 0. The Labute approximate surface area is 146 Å². The number of amides is 2. The zero-order valence-corrected chi connectivity index (χ0v) is 14.1. The molecular formula is C19H20N2O4. The molecule has 0 aliphatic rings. The molecule has 0 aliphatic carbocycles. The smallest absolute Gasteiger partial charge is 0.338 e. The van der Waals surface area contributed by atoms with Gasteiger partial charge in [-0.25, -0.2) is 4.79 Å². The third-order valence-corrected chi connectivity index (χ3v) is 3.38. The predicted molar refractivity (Wildman–Crippen MR) is 93.9 cm³/mol. The number of benzene rings is 2. The summed E-state index contributed by atoms with van der Waals surface area (Å²) in [6.07, 6.45) is -0.930. The van der Waals surface area contributed by atoms with Crippen LogP contribution in [0.2, 0.25) is 0 Å². The molecule has 0 aliphatic heterocycles. The summed E-state index contributed by atoms with van der Waals surface area (Å²) in [7, 11) is 0. The van der Waals surface area contributed by atoms with E-state index in [-0.39, 0.29) is 17.4 Å². The van der Waals surface area contributed by atoms with Crippen molar-refractivity contribution in [3.05, 3.63) is 65.7 Å². The number of esters is 1. The van der Waals surface area contributed by atoms with Crippen LogP contribution in [0.15, 0.2) is 54.6 Å². The summed E-state index contributed by atoms with van der Waals surface area (Å²) in [5.74, 6) is -1.25. The predicted octanol–water partition coefficient (Wildman–Crippen LogP) is 2.51. The summed E-state index contributed by atoms with van der Waals surface area (Å²) in [5, 5.41) is 5.31. The van der Waals surface area contributed by atoms with E-state index < -0.39 is 12.1 Å². The van der Waals surface area contributed by atoms with Crippen LogP contribution in [0.3, 0.4) is 0 Å². The minimum Gasteiger partial charge on any atom is -0.449 e. The van der Waals surface area contributed by atoms with Gasteiger partial charge in [0.05, 0.1) is 5.56 Å². The Hall–Kier alpha value is -3.15. The van der Waals surface area contributed by atoms with Gasteiger partial charge >= 0.3 is 5.97 Å². The molecule has 2 aromatic carbocycles. The zero-order valence-electron chi connectivity index (χ0n) is 14.1. The Morgan fingerprint density at radius 2 is 1.76 bits per heavy atom. The van der Waals surface area contributed by atoms with Crippen molar-refractivity contribution in [2.75, 3.05) is 5.32 Å². The van der Waals surface area contributed by atoms with E-state index in [0.717, 1.165) is 5.56 Å². The summed E-state index contributed by atoms with van der Waals surface area (Å²) < 4.78 is 5.18. The highest BCUT2D eigenvalue weighted by Gasteiger charge is 2.19. The van der Waals surface area contributed by atoms with Crippen LogP contribution >= 0.6 is 0 Å². The number of hydrogen-bond acceptors (Lipinski definition) is 4. The van der Waals surface area contributed by atoms with Crippen molar-refractivity contribution < 1.29 is 19.1 Å². The van der Waals surface area contributed by atoms with Crippen molar-refractivity contribution in [1.29, 1.82) is 0 Å². The van der Waals surface area contributed by atoms with Gasteiger partial charge in [0, 0.05) is 19.2 Å². The maximum atomic E-state index is 12.2. The van der Waals surface area contributed by atoms with Crippen LogP contribution in [-0.4, -0.2) is 23.9 Å². The van der Waals surface area contributed by atoms with Gasteiger partial charge in [-0.05, 0) is 30.7 Å². The van der Waals surface area contributed by atoms with Crippen molar-refractivity contribution in [1.82, 2.24) is 5.32 Å². The van der Waals surface area contributed by atoms with E-state index in [9.17, 15) is 14.4 Å². The molecule has 25 heavy (non-hydrogen) atoms. The lowest BCUT2D eigenvalue weighted by Crippen LogP contribution is -2.35. The van der Waals surface area contributed by atoms with Crippen molar-refractivity contribution >= 4 is 23.5 Å². The fourth-order valence-electron chi connectivity index (χ4n) is 2.14. The number of hydrogen-bond donors (Lipinski definition) is 2. The largest absolute Gasteiger partial charge is 0.449 e. The minimum atomic E-state index is -0.930. The fourth-order valence-corrected chi connectivity index (χ4v) is 2.14. The van der Waals surface area contributed by atoms with Crippen LogP contribution in [-0.2, 0) is 20.9 Å². The first-order valence-electron chi connectivity index (χ1n) is 7.86. The monoisotopic (exact) mass is 340 g/mol. The molecule has 130 valence electrons. The molecule has 0 radical (unpaired) electrons. The minimum absolute atomic E-state index is 0.237. The van der Waals surface area contributed by atoms with Crippen LogP contribution in [0.25, 0.3) is 0 Å². The van der Waals surface area contributed by atoms with Crippen molar-refractivity contribution in [2.45, 2.75) is 26.5 Å². The number of ether oxygens (including phenoxy) is 1. The molecule has 2 rings (SSSR count). The second kappa shape index (κ2) is 8.63. The highest BCUT2D eigenvalue weighted by Crippen LogP contribution is 2.12. The first kappa shape index (κ1) is 18.2. The lowest BCUT2D eigenvalue weighted by Gasteiger charge is -2.14. The second-order valence-corrected chi connectivity index (χ2v) is 5.51. The van der Waals surface area contributed by atoms with E-state index >= 15 is 0 Å². The molecule has 0 fully saturated rings. The van der Waals surface area contributed by atoms with Gasteiger partial charge in [0.25, 0.3) is 5.91 Å². The Kier molecular flexibility index (Phi) is 6.28. The lowest BCUT2D eigenvalue weighted by atomic mass is 10.2. The maximum absolute atomic E-state index is 12.2. The second-order valence-electron chi connectivity index (χ2n) is 5.51. The molecule has 0 bridgehead atoms. The van der Waals surface area contributed by atoms with E-state index in [2.05, 4.69) is 10.6 Å². The maximum Gasteiger partial charge on any atom is 0.338 e. The molecule has 2 amide bonds. The molecule has 0 aromatic heterocycles. The van der Waals surface area contributed by atoms with Gasteiger partial charge in [-0.3, -0.25) is 9.59 Å². The van der Waals surface area contributed by atoms with Crippen molar-refractivity contribution in [3.63, 3.8) is 0 Å². The van der Waals surface area contributed by atoms with Gasteiger partial charge in [0.1, 0.15) is 0 Å². The molecule has 0 spiro atoms. The molecule has 1 atom stereocenters. The molecule has 0 heterocycles. The highest BCUT2D eigenvalue weighted by atomic mass is 16.5. The SMILES string of the molecule is CC(=O)Nc1cccc(C(=O)O[C@H](C)C(=O)NCc2ccccc2)c1. The standard InChI is InChI=1S/C19H20N2O4/c1-13(18(23)20-12-15-7-4-3-5-8-15)25-19(24)16-9-6-10-17(11-16)21-14(2)22/h3-11,13H,12H2,1-2H3,(H,20,23)(H,21,22)/t13-/m1/s1. The molecule has 6 nitrogen and oxygen atoms in total. The molecule has 0 unspecified atom stereocenters. The summed E-state index contributed by atoms with van der Waals surface area (Å²) in [6, 6.07) is 15.8. The highest BCUT2D eigenvalue weighted by molar-refractivity contribution is 5.95. The van der Waals surface area contributed by atoms with Crippen molar-refractivity contribution in [2.24, 2.45) is 0 Å². The normalized spacial score (nSPS) is 11.3. The van der Waals surface area contributed by atoms with Gasteiger partial charge < -0.3 is 15.4 Å². The average Bonchev–Trinajstić information content (AvgIpc) is 2.60. The average molecular weight is 340 g/mol. The Bertz CT molecular complexity index is 759. The van der Waals surface area contributed by atoms with Crippen LogP contribution < -0.4 is 10.6 Å². The number of anilines is 1. The van der Waals surface area contributed by atoms with Gasteiger partial charge in [-0.15, -0.1) is 0 Å². The van der Waals surface area contributed by atoms with Crippen molar-refractivity contribution in [3.8, 4) is 0 Å². The first-order chi connectivity index (χ1) is 12.0. The third kappa shape index (κ3) is 5.76. The van der Waals surface area contributed by atoms with E-state index in [0.29, 0.717) is 12.2 Å². The van der Waals surface area contributed by atoms with Gasteiger partial charge in [-0.1, -0.05) is 36.4 Å². The number of rotatable bonds is 6. The molecule has 2 aromatic rings. The number of nitrogens with one attached hydrogen (secondary N) is 2. The van der Waals surface area contributed by atoms with Gasteiger partial charge in [-0.2, -0.15) is 0 Å². The topological polar surface area (TPSA) is 84.5 Å². The summed E-state index contributed by atoms with van der Waals surface area (Å²) in [5.41, 5.74) is 1.70. The number of carbonyl (C=O) groups is 3. The Balaban J connectivity index is 1.90. The van der Waals surface area contributed by atoms with Gasteiger partial charge in [0.2, 0.25) is 5.91 Å². The molecule has 2 N–H and O–H groups in total. The van der Waals surface area contributed by atoms with E-state index in [1.807, 2.05) is 30.3 Å². The lowest BCUT2D eigenvalue weighted by molar-refractivity contribution is -0.129. The first-order valence-corrected chi connectivity index (χ1v) is 7.86. The number of carbonyl (C=O) groups excluding carboxylic acids is 3. The zero-order chi connectivity index (χ0) is 18.2. The quantitative estimate of drug-likeness (QED) is 0.791. The molecular weight excluding hydrogens is 320 g/mol.